The van der Waals surface area contributed by atoms with Gasteiger partial charge in [-0.1, -0.05) is 18.3 Å². The number of hydrogen-bond acceptors (Lipinski definition) is 5. The molecule has 0 saturated carbocycles. The Balaban J connectivity index is 1.86. The third-order valence-electron chi connectivity index (χ3n) is 2.07. The Morgan fingerprint density at radius 2 is 2.50 bits per heavy atom. The molecule has 0 aliphatic carbocycles. The van der Waals surface area contributed by atoms with Crippen molar-refractivity contribution in [1.82, 2.24) is 25.1 Å². The molecule has 2 aromatic rings. The average molecular weight is 239 g/mol. The van der Waals surface area contributed by atoms with E-state index in [1.54, 1.807) is 10.8 Å². The minimum absolute atomic E-state index is 0.0767. The van der Waals surface area contributed by atoms with Crippen molar-refractivity contribution < 1.29 is 4.79 Å². The molecule has 2 rings (SSSR count). The fourth-order valence-corrected chi connectivity index (χ4v) is 2.09. The summed E-state index contributed by atoms with van der Waals surface area (Å²) in [5, 5.41) is 15.6. The molecule has 0 aliphatic rings. The van der Waals surface area contributed by atoms with Crippen molar-refractivity contribution in [2.24, 2.45) is 0 Å². The zero-order valence-electron chi connectivity index (χ0n) is 9.01. The second-order valence-corrected chi connectivity index (χ2v) is 4.44. The van der Waals surface area contributed by atoms with Crippen molar-refractivity contribution in [3.05, 3.63) is 11.3 Å². The normalized spacial score (nSPS) is 10.8. The Morgan fingerprint density at radius 3 is 3.25 bits per heavy atom. The lowest BCUT2D eigenvalue weighted by Gasteiger charge is -2.00. The highest BCUT2D eigenvalue weighted by atomic mass is 32.1. The van der Waals surface area contributed by atoms with E-state index in [-0.39, 0.29) is 5.91 Å². The van der Waals surface area contributed by atoms with E-state index in [0.717, 1.165) is 22.9 Å². The Labute approximate surface area is 96.7 Å². The minimum atomic E-state index is 0.0767. The lowest BCUT2D eigenvalue weighted by atomic mass is 10.3. The number of nitrogens with zero attached hydrogens (tertiary/aromatic N) is 4. The number of amides is 1. The van der Waals surface area contributed by atoms with Crippen LogP contribution in [-0.4, -0.2) is 32.3 Å². The summed E-state index contributed by atoms with van der Waals surface area (Å²) in [4.78, 5) is 12.1. The quantitative estimate of drug-likeness (QED) is 0.831. The largest absolute Gasteiger partial charge is 0.356 e. The predicted octanol–water partition coefficient (Wildman–Crippen LogP) is 0.645. The van der Waals surface area contributed by atoms with Crippen LogP contribution in [0.15, 0.2) is 6.33 Å². The number of carbonyl (C=O) groups excluding carboxylic acids is 1. The summed E-state index contributed by atoms with van der Waals surface area (Å²) in [6, 6.07) is 0. The fourth-order valence-electron chi connectivity index (χ4n) is 1.28. The van der Waals surface area contributed by atoms with E-state index in [0.29, 0.717) is 12.8 Å². The van der Waals surface area contributed by atoms with Gasteiger partial charge in [0.15, 0.2) is 0 Å². The van der Waals surface area contributed by atoms with Crippen LogP contribution in [0.25, 0.3) is 4.96 Å². The molecule has 2 heterocycles. The number of aromatic nitrogens is 4. The van der Waals surface area contributed by atoms with Gasteiger partial charge in [-0.3, -0.25) is 4.79 Å². The van der Waals surface area contributed by atoms with Crippen LogP contribution in [0, 0.1) is 0 Å². The van der Waals surface area contributed by atoms with E-state index in [1.165, 1.54) is 11.3 Å². The molecule has 0 spiro atoms. The second-order valence-electron chi connectivity index (χ2n) is 3.40. The van der Waals surface area contributed by atoms with E-state index < -0.39 is 0 Å². The van der Waals surface area contributed by atoms with Crippen LogP contribution >= 0.6 is 11.3 Å². The molecule has 0 saturated heterocycles. The topological polar surface area (TPSA) is 72.2 Å². The number of aryl methyl sites for hydroxylation is 1. The maximum Gasteiger partial charge on any atom is 0.234 e. The van der Waals surface area contributed by atoms with Gasteiger partial charge in [0.25, 0.3) is 0 Å². The maximum absolute atomic E-state index is 11.4. The number of carbonyl (C=O) groups is 1. The molecule has 6 nitrogen and oxygen atoms in total. The zero-order valence-corrected chi connectivity index (χ0v) is 9.83. The number of nitrogens with one attached hydrogen (secondary N) is 1. The van der Waals surface area contributed by atoms with Gasteiger partial charge in [-0.05, 0) is 6.42 Å². The molecule has 86 valence electrons. The Bertz CT molecular complexity index is 448. The molecular weight excluding hydrogens is 226 g/mol. The van der Waals surface area contributed by atoms with E-state index in [4.69, 9.17) is 0 Å². The summed E-state index contributed by atoms with van der Waals surface area (Å²) < 4.78 is 1.63. The van der Waals surface area contributed by atoms with Crippen molar-refractivity contribution in [2.75, 3.05) is 6.54 Å². The van der Waals surface area contributed by atoms with Crippen molar-refractivity contribution in [3.8, 4) is 0 Å². The predicted molar refractivity (Wildman–Crippen MR) is 60.3 cm³/mol. The van der Waals surface area contributed by atoms with Crippen molar-refractivity contribution in [2.45, 2.75) is 26.2 Å². The standard InChI is InChI=1S/C9H13N5OS/c1-2-5-10-7(15)3-4-8-13-14-6-11-12-9(14)16-8/h6H,2-5H2,1H3,(H,10,15). The summed E-state index contributed by atoms with van der Waals surface area (Å²) in [5.74, 6) is 0.0767. The minimum Gasteiger partial charge on any atom is -0.356 e. The van der Waals surface area contributed by atoms with Gasteiger partial charge in [0, 0.05) is 19.4 Å². The zero-order chi connectivity index (χ0) is 11.4. The van der Waals surface area contributed by atoms with E-state index in [1.807, 2.05) is 6.92 Å². The first-order valence-electron chi connectivity index (χ1n) is 5.22. The number of rotatable bonds is 5. The second kappa shape index (κ2) is 5.02. The summed E-state index contributed by atoms with van der Waals surface area (Å²) in [6.07, 6.45) is 3.66. The van der Waals surface area contributed by atoms with E-state index >= 15 is 0 Å². The molecule has 0 fully saturated rings. The van der Waals surface area contributed by atoms with Gasteiger partial charge in [-0.25, -0.2) is 0 Å². The lowest BCUT2D eigenvalue weighted by molar-refractivity contribution is -0.121. The van der Waals surface area contributed by atoms with Gasteiger partial charge in [0.05, 0.1) is 0 Å². The van der Waals surface area contributed by atoms with Crippen molar-refractivity contribution >= 4 is 22.2 Å². The van der Waals surface area contributed by atoms with Crippen LogP contribution in [0.3, 0.4) is 0 Å². The number of fused-ring (bicyclic) bond motifs is 1. The molecule has 0 unspecified atom stereocenters. The molecule has 0 atom stereocenters. The van der Waals surface area contributed by atoms with Gasteiger partial charge in [0.2, 0.25) is 10.9 Å². The van der Waals surface area contributed by atoms with Gasteiger partial charge in [-0.2, -0.15) is 9.61 Å². The van der Waals surface area contributed by atoms with Crippen LogP contribution < -0.4 is 5.32 Å². The van der Waals surface area contributed by atoms with E-state index in [2.05, 4.69) is 20.6 Å². The molecule has 2 aromatic heterocycles. The molecule has 0 aliphatic heterocycles. The van der Waals surface area contributed by atoms with Gasteiger partial charge in [-0.15, -0.1) is 10.2 Å². The SMILES string of the molecule is CCCNC(=O)CCc1nn2cnnc2s1. The first kappa shape index (κ1) is 11.0. The van der Waals surface area contributed by atoms with Crippen LogP contribution in [0.1, 0.15) is 24.8 Å². The summed E-state index contributed by atoms with van der Waals surface area (Å²) in [7, 11) is 0. The van der Waals surface area contributed by atoms with Gasteiger partial charge in [0.1, 0.15) is 11.3 Å². The van der Waals surface area contributed by atoms with Crippen LogP contribution in [-0.2, 0) is 11.2 Å². The summed E-state index contributed by atoms with van der Waals surface area (Å²) in [6.45, 7) is 2.77. The Kier molecular flexibility index (Phi) is 3.45. The first-order valence-corrected chi connectivity index (χ1v) is 6.03. The molecule has 0 aromatic carbocycles. The fraction of sp³-hybridized carbons (Fsp3) is 0.556. The van der Waals surface area contributed by atoms with Gasteiger partial charge < -0.3 is 5.32 Å². The monoisotopic (exact) mass is 239 g/mol. The number of hydrogen-bond donors (Lipinski definition) is 1. The molecule has 1 amide bonds. The highest BCUT2D eigenvalue weighted by Gasteiger charge is 2.07. The average Bonchev–Trinajstić information content (AvgIpc) is 2.83. The van der Waals surface area contributed by atoms with Crippen LogP contribution in [0.5, 0.6) is 0 Å². The molecule has 0 radical (unpaired) electrons. The molecule has 0 bridgehead atoms. The Morgan fingerprint density at radius 1 is 1.62 bits per heavy atom. The lowest BCUT2D eigenvalue weighted by Crippen LogP contribution is -2.24. The van der Waals surface area contributed by atoms with Crippen molar-refractivity contribution in [3.63, 3.8) is 0 Å². The highest BCUT2D eigenvalue weighted by molar-refractivity contribution is 7.16. The first-order chi connectivity index (χ1) is 7.79. The van der Waals surface area contributed by atoms with E-state index in [9.17, 15) is 4.79 Å². The third kappa shape index (κ3) is 2.54. The molecule has 16 heavy (non-hydrogen) atoms. The Hall–Kier alpha value is -1.50. The third-order valence-corrected chi connectivity index (χ3v) is 3.04. The molecule has 7 heteroatoms. The highest BCUT2D eigenvalue weighted by Crippen LogP contribution is 2.12. The molecule has 1 N–H and O–H groups in total. The van der Waals surface area contributed by atoms with Crippen molar-refractivity contribution in [1.29, 1.82) is 0 Å². The van der Waals surface area contributed by atoms with Crippen LogP contribution in [0.4, 0.5) is 0 Å². The maximum atomic E-state index is 11.4. The summed E-state index contributed by atoms with van der Waals surface area (Å²) >= 11 is 1.47. The summed E-state index contributed by atoms with van der Waals surface area (Å²) in [5.41, 5.74) is 0. The smallest absolute Gasteiger partial charge is 0.234 e. The molecular formula is C9H13N5OS. The van der Waals surface area contributed by atoms with Crippen LogP contribution in [0.2, 0.25) is 0 Å². The van der Waals surface area contributed by atoms with Gasteiger partial charge >= 0.3 is 0 Å².